The Morgan fingerprint density at radius 1 is 1.16 bits per heavy atom. The van der Waals surface area contributed by atoms with Crippen LogP contribution in [0.25, 0.3) is 0 Å². The van der Waals surface area contributed by atoms with Crippen LogP contribution in [-0.2, 0) is 9.53 Å². The topological polar surface area (TPSA) is 67.4 Å². The van der Waals surface area contributed by atoms with E-state index in [9.17, 15) is 9.59 Å². The van der Waals surface area contributed by atoms with Crippen LogP contribution in [0.5, 0.6) is 0 Å². The zero-order valence-corrected chi connectivity index (χ0v) is 12.2. The van der Waals surface area contributed by atoms with Gasteiger partial charge in [0.25, 0.3) is 0 Å². The molecule has 5 nitrogen and oxygen atoms in total. The third-order valence-corrected chi connectivity index (χ3v) is 4.21. The first-order valence-electron chi connectivity index (χ1n) is 7.03. The highest BCUT2D eigenvalue weighted by Gasteiger charge is 2.51. The molecule has 0 spiro atoms. The fourth-order valence-electron chi connectivity index (χ4n) is 3.29. The van der Waals surface area contributed by atoms with Crippen LogP contribution in [0.3, 0.4) is 0 Å². The summed E-state index contributed by atoms with van der Waals surface area (Å²) in [6.07, 6.45) is 2.54. The molecular weight excluding hydrogens is 244 g/mol. The van der Waals surface area contributed by atoms with Gasteiger partial charge in [-0.1, -0.05) is 0 Å². The van der Waals surface area contributed by atoms with E-state index in [-0.39, 0.29) is 24.0 Å². The molecule has 2 N–H and O–H groups in total. The van der Waals surface area contributed by atoms with Crippen molar-refractivity contribution in [2.75, 3.05) is 7.05 Å². The molecule has 2 amide bonds. The van der Waals surface area contributed by atoms with Crippen LogP contribution in [0, 0.1) is 17.8 Å². The Balaban J connectivity index is 1.92. The molecule has 0 radical (unpaired) electrons. The number of rotatable bonds is 2. The van der Waals surface area contributed by atoms with Crippen molar-refractivity contribution >= 4 is 12.0 Å². The zero-order chi connectivity index (χ0) is 14.2. The number of ether oxygens (including phenoxy) is 1. The number of amides is 2. The van der Waals surface area contributed by atoms with E-state index in [2.05, 4.69) is 10.6 Å². The first-order chi connectivity index (χ1) is 8.81. The van der Waals surface area contributed by atoms with Crippen LogP contribution in [0.2, 0.25) is 0 Å². The van der Waals surface area contributed by atoms with Crippen LogP contribution in [0.15, 0.2) is 0 Å². The summed E-state index contributed by atoms with van der Waals surface area (Å²) >= 11 is 0. The van der Waals surface area contributed by atoms with Crippen molar-refractivity contribution in [2.24, 2.45) is 17.8 Å². The predicted octanol–water partition coefficient (Wildman–Crippen LogP) is 1.67. The SMILES string of the molecule is CNC(=O)C1CC(NC(=O)OC(C)(C)C)C2CCC12. The number of hydrogen-bond donors (Lipinski definition) is 2. The standard InChI is InChI=1S/C14H24N2O3/c1-14(2,3)19-13(18)16-11-7-10(12(17)15-4)8-5-6-9(8)11/h8-11H,5-7H2,1-4H3,(H,15,17)(H,16,18). The largest absolute Gasteiger partial charge is 0.444 e. The van der Waals surface area contributed by atoms with Gasteiger partial charge < -0.3 is 15.4 Å². The molecule has 0 bridgehead atoms. The van der Waals surface area contributed by atoms with E-state index < -0.39 is 5.60 Å². The van der Waals surface area contributed by atoms with Gasteiger partial charge in [0, 0.05) is 19.0 Å². The molecule has 0 aromatic carbocycles. The lowest BCUT2D eigenvalue weighted by Gasteiger charge is -2.36. The number of carbonyl (C=O) groups excluding carboxylic acids is 2. The van der Waals surface area contributed by atoms with E-state index in [1.54, 1.807) is 7.05 Å². The van der Waals surface area contributed by atoms with Crippen molar-refractivity contribution in [3.8, 4) is 0 Å². The summed E-state index contributed by atoms with van der Waals surface area (Å²) in [5.74, 6) is 1.02. The molecule has 19 heavy (non-hydrogen) atoms. The van der Waals surface area contributed by atoms with Crippen LogP contribution in [0.1, 0.15) is 40.0 Å². The summed E-state index contributed by atoms with van der Waals surface area (Å²) < 4.78 is 5.28. The summed E-state index contributed by atoms with van der Waals surface area (Å²) in [5, 5.41) is 5.66. The molecule has 2 fully saturated rings. The van der Waals surface area contributed by atoms with Crippen molar-refractivity contribution in [1.29, 1.82) is 0 Å². The van der Waals surface area contributed by atoms with E-state index in [1.165, 1.54) is 0 Å². The molecule has 0 aromatic heterocycles. The normalized spacial score (nSPS) is 33.1. The molecule has 0 saturated heterocycles. The Bertz CT molecular complexity index is 375. The van der Waals surface area contributed by atoms with Crippen LogP contribution in [-0.4, -0.2) is 30.7 Å². The Morgan fingerprint density at radius 2 is 1.79 bits per heavy atom. The minimum absolute atomic E-state index is 0.0451. The van der Waals surface area contributed by atoms with Gasteiger partial charge in [0.05, 0.1) is 0 Å². The number of carbonyl (C=O) groups is 2. The van der Waals surface area contributed by atoms with Crippen LogP contribution >= 0.6 is 0 Å². The molecule has 108 valence electrons. The third kappa shape index (κ3) is 3.01. The number of nitrogens with one attached hydrogen (secondary N) is 2. The van der Waals surface area contributed by atoms with Gasteiger partial charge in [0.15, 0.2) is 0 Å². The number of hydrogen-bond acceptors (Lipinski definition) is 3. The van der Waals surface area contributed by atoms with E-state index in [0.717, 1.165) is 19.3 Å². The van der Waals surface area contributed by atoms with E-state index in [4.69, 9.17) is 4.74 Å². The first-order valence-corrected chi connectivity index (χ1v) is 7.03. The summed E-state index contributed by atoms with van der Waals surface area (Å²) in [7, 11) is 1.67. The van der Waals surface area contributed by atoms with E-state index in [0.29, 0.717) is 11.8 Å². The number of fused-ring (bicyclic) bond motifs is 1. The second-order valence-corrected chi connectivity index (χ2v) is 6.61. The Hall–Kier alpha value is -1.26. The second kappa shape index (κ2) is 5.02. The fourth-order valence-corrected chi connectivity index (χ4v) is 3.29. The van der Waals surface area contributed by atoms with Gasteiger partial charge >= 0.3 is 6.09 Å². The van der Waals surface area contributed by atoms with Gasteiger partial charge in [-0.05, 0) is 51.9 Å². The maximum absolute atomic E-state index is 11.8. The highest BCUT2D eigenvalue weighted by molar-refractivity contribution is 5.79. The quantitative estimate of drug-likeness (QED) is 0.800. The van der Waals surface area contributed by atoms with Crippen molar-refractivity contribution < 1.29 is 14.3 Å². The lowest BCUT2D eigenvalue weighted by atomic mass is 9.71. The molecule has 2 saturated carbocycles. The number of alkyl carbamates (subject to hydrolysis) is 1. The molecule has 0 heterocycles. The smallest absolute Gasteiger partial charge is 0.407 e. The zero-order valence-electron chi connectivity index (χ0n) is 12.2. The maximum atomic E-state index is 11.8. The lowest BCUT2D eigenvalue weighted by Crippen LogP contribution is -2.44. The van der Waals surface area contributed by atoms with Crippen molar-refractivity contribution in [2.45, 2.75) is 51.7 Å². The molecule has 4 unspecified atom stereocenters. The monoisotopic (exact) mass is 268 g/mol. The van der Waals surface area contributed by atoms with E-state index >= 15 is 0 Å². The van der Waals surface area contributed by atoms with Gasteiger partial charge in [-0.2, -0.15) is 0 Å². The molecule has 2 rings (SSSR count). The van der Waals surface area contributed by atoms with Gasteiger partial charge in [0.2, 0.25) is 5.91 Å². The Kier molecular flexibility index (Phi) is 3.74. The molecule has 5 heteroatoms. The summed E-state index contributed by atoms with van der Waals surface area (Å²) in [6.45, 7) is 5.54. The Labute approximate surface area is 114 Å². The van der Waals surface area contributed by atoms with Gasteiger partial charge in [0.1, 0.15) is 5.60 Å². The third-order valence-electron chi connectivity index (χ3n) is 4.21. The summed E-state index contributed by atoms with van der Waals surface area (Å²) in [5.41, 5.74) is -0.484. The first kappa shape index (κ1) is 14.2. The molecule has 4 atom stereocenters. The molecule has 2 aliphatic rings. The van der Waals surface area contributed by atoms with E-state index in [1.807, 2.05) is 20.8 Å². The predicted molar refractivity (Wildman–Crippen MR) is 71.5 cm³/mol. The van der Waals surface area contributed by atoms with Gasteiger partial charge in [-0.25, -0.2) is 4.79 Å². The fraction of sp³-hybridized carbons (Fsp3) is 0.857. The second-order valence-electron chi connectivity index (χ2n) is 6.61. The molecule has 0 aliphatic heterocycles. The lowest BCUT2D eigenvalue weighted by molar-refractivity contribution is -0.126. The summed E-state index contributed by atoms with van der Waals surface area (Å²) in [4.78, 5) is 23.6. The van der Waals surface area contributed by atoms with Gasteiger partial charge in [-0.3, -0.25) is 4.79 Å². The van der Waals surface area contributed by atoms with Crippen LogP contribution < -0.4 is 10.6 Å². The highest BCUT2D eigenvalue weighted by Crippen LogP contribution is 2.50. The average molecular weight is 268 g/mol. The minimum Gasteiger partial charge on any atom is -0.444 e. The summed E-state index contributed by atoms with van der Waals surface area (Å²) in [6, 6.07) is 0.0795. The average Bonchev–Trinajstić information content (AvgIpc) is 2.45. The van der Waals surface area contributed by atoms with Gasteiger partial charge in [-0.15, -0.1) is 0 Å². The molecular formula is C14H24N2O3. The molecule has 2 aliphatic carbocycles. The highest BCUT2D eigenvalue weighted by atomic mass is 16.6. The minimum atomic E-state index is -0.484. The Morgan fingerprint density at radius 3 is 2.26 bits per heavy atom. The molecule has 0 aromatic rings. The van der Waals surface area contributed by atoms with Crippen LogP contribution in [0.4, 0.5) is 4.79 Å². The van der Waals surface area contributed by atoms with Crippen molar-refractivity contribution in [3.63, 3.8) is 0 Å². The van der Waals surface area contributed by atoms with Crippen molar-refractivity contribution in [3.05, 3.63) is 0 Å². The maximum Gasteiger partial charge on any atom is 0.407 e. The van der Waals surface area contributed by atoms with Crippen molar-refractivity contribution in [1.82, 2.24) is 10.6 Å².